The minimum atomic E-state index is -0.0960. The molecule has 128 valence electrons. The van der Waals surface area contributed by atoms with Crippen molar-refractivity contribution < 1.29 is 9.21 Å². The third-order valence-electron chi connectivity index (χ3n) is 4.77. The van der Waals surface area contributed by atoms with Crippen LogP contribution in [-0.2, 0) is 6.54 Å². The van der Waals surface area contributed by atoms with Crippen LogP contribution in [0.2, 0.25) is 0 Å². The van der Waals surface area contributed by atoms with E-state index < -0.39 is 0 Å². The van der Waals surface area contributed by atoms with Gasteiger partial charge in [-0.05, 0) is 42.5 Å². The molecule has 1 aliphatic rings. The molecule has 0 unspecified atom stereocenters. The number of hydrogen-bond donors (Lipinski definition) is 1. The molecule has 2 aromatic heterocycles. The first-order chi connectivity index (χ1) is 12.3. The molecule has 4 rings (SSSR count). The van der Waals surface area contributed by atoms with Crippen molar-refractivity contribution in [2.75, 3.05) is 19.6 Å². The summed E-state index contributed by atoms with van der Waals surface area (Å²) in [5.74, 6) is 1.36. The molecule has 3 aromatic rings. The summed E-state index contributed by atoms with van der Waals surface area (Å²) in [6, 6.07) is 13.7. The second-order valence-corrected chi connectivity index (χ2v) is 6.56. The lowest BCUT2D eigenvalue weighted by atomic mass is 10.1. The molecular weight excluding hydrogens is 314 g/mol. The van der Waals surface area contributed by atoms with Crippen molar-refractivity contribution >= 4 is 16.7 Å². The summed E-state index contributed by atoms with van der Waals surface area (Å²) >= 11 is 0. The Labute approximate surface area is 146 Å². The fourth-order valence-electron chi connectivity index (χ4n) is 3.47. The molecule has 5 nitrogen and oxygen atoms in total. The molecule has 3 heterocycles. The zero-order chi connectivity index (χ0) is 17.1. The van der Waals surface area contributed by atoms with Gasteiger partial charge in [0.2, 0.25) is 0 Å². The summed E-state index contributed by atoms with van der Waals surface area (Å²) in [5, 5.41) is 4.99. The van der Waals surface area contributed by atoms with E-state index in [1.165, 1.54) is 0 Å². The summed E-state index contributed by atoms with van der Waals surface area (Å²) in [5.41, 5.74) is 0.503. The van der Waals surface area contributed by atoms with Gasteiger partial charge in [-0.3, -0.25) is 14.7 Å². The number of fused-ring (bicyclic) bond motifs is 1. The molecule has 1 aromatic carbocycles. The average molecular weight is 335 g/mol. The minimum Gasteiger partial charge on any atom is -0.468 e. The van der Waals surface area contributed by atoms with Crippen molar-refractivity contribution in [1.82, 2.24) is 15.2 Å². The summed E-state index contributed by atoms with van der Waals surface area (Å²) in [6.07, 6.45) is 4.49. The molecule has 0 saturated carbocycles. The van der Waals surface area contributed by atoms with E-state index in [4.69, 9.17) is 4.42 Å². The van der Waals surface area contributed by atoms with Crippen molar-refractivity contribution in [2.24, 2.45) is 5.92 Å². The van der Waals surface area contributed by atoms with Crippen LogP contribution in [0.4, 0.5) is 0 Å². The number of nitrogens with zero attached hydrogens (tertiary/aromatic N) is 2. The maximum absolute atomic E-state index is 12.6. The number of likely N-dealkylation sites (tertiary alicyclic amines) is 1. The van der Waals surface area contributed by atoms with E-state index in [1.807, 2.05) is 42.5 Å². The molecule has 1 N–H and O–H groups in total. The van der Waals surface area contributed by atoms with E-state index in [9.17, 15) is 4.79 Å². The Morgan fingerprint density at radius 1 is 1.24 bits per heavy atom. The molecule has 0 radical (unpaired) electrons. The van der Waals surface area contributed by atoms with Gasteiger partial charge < -0.3 is 9.73 Å². The van der Waals surface area contributed by atoms with E-state index >= 15 is 0 Å². The van der Waals surface area contributed by atoms with E-state index in [0.29, 0.717) is 18.2 Å². The molecule has 1 fully saturated rings. The Kier molecular flexibility index (Phi) is 4.48. The topological polar surface area (TPSA) is 58.4 Å². The number of furan rings is 1. The summed E-state index contributed by atoms with van der Waals surface area (Å²) in [7, 11) is 0. The number of rotatable bonds is 5. The normalized spacial score (nSPS) is 17.8. The highest BCUT2D eigenvalue weighted by molar-refractivity contribution is 6.05. The van der Waals surface area contributed by atoms with E-state index in [1.54, 1.807) is 12.5 Å². The lowest BCUT2D eigenvalue weighted by molar-refractivity contribution is 0.0944. The Morgan fingerprint density at radius 3 is 3.04 bits per heavy atom. The number of amides is 1. The lowest BCUT2D eigenvalue weighted by Gasteiger charge is -2.15. The van der Waals surface area contributed by atoms with Gasteiger partial charge in [0.05, 0.1) is 12.8 Å². The van der Waals surface area contributed by atoms with Crippen molar-refractivity contribution in [3.05, 3.63) is 66.4 Å². The maximum Gasteiger partial charge on any atom is 0.270 e. The van der Waals surface area contributed by atoms with Crippen LogP contribution in [0.5, 0.6) is 0 Å². The first kappa shape index (κ1) is 15.8. The van der Waals surface area contributed by atoms with Gasteiger partial charge in [0, 0.05) is 24.7 Å². The highest BCUT2D eigenvalue weighted by Gasteiger charge is 2.24. The maximum atomic E-state index is 12.6. The molecule has 5 heteroatoms. The minimum absolute atomic E-state index is 0.0960. The molecule has 0 bridgehead atoms. The fraction of sp³-hybridized carbons (Fsp3) is 0.300. The van der Waals surface area contributed by atoms with Crippen LogP contribution in [-0.4, -0.2) is 35.4 Å². The Bertz CT molecular complexity index is 855. The lowest BCUT2D eigenvalue weighted by Crippen LogP contribution is -2.31. The van der Waals surface area contributed by atoms with Gasteiger partial charge in [-0.25, -0.2) is 0 Å². The highest BCUT2D eigenvalue weighted by Crippen LogP contribution is 2.19. The zero-order valence-electron chi connectivity index (χ0n) is 14.0. The molecule has 1 atom stereocenters. The van der Waals surface area contributed by atoms with Crippen LogP contribution in [0, 0.1) is 5.92 Å². The third kappa shape index (κ3) is 3.56. The quantitative estimate of drug-likeness (QED) is 0.778. The van der Waals surface area contributed by atoms with Crippen molar-refractivity contribution in [2.45, 2.75) is 13.0 Å². The first-order valence-electron chi connectivity index (χ1n) is 8.66. The van der Waals surface area contributed by atoms with Crippen LogP contribution in [0.1, 0.15) is 22.7 Å². The van der Waals surface area contributed by atoms with E-state index in [2.05, 4.69) is 15.2 Å². The molecule has 1 amide bonds. The van der Waals surface area contributed by atoms with Gasteiger partial charge >= 0.3 is 0 Å². The Balaban J connectivity index is 1.34. The third-order valence-corrected chi connectivity index (χ3v) is 4.77. The second-order valence-electron chi connectivity index (χ2n) is 6.56. The van der Waals surface area contributed by atoms with Gasteiger partial charge in [-0.1, -0.05) is 24.3 Å². The second kappa shape index (κ2) is 7.07. The molecule has 25 heavy (non-hydrogen) atoms. The predicted octanol–water partition coefficient (Wildman–Crippen LogP) is 3.08. The van der Waals surface area contributed by atoms with Gasteiger partial charge in [0.25, 0.3) is 5.91 Å². The van der Waals surface area contributed by atoms with E-state index in [-0.39, 0.29) is 5.91 Å². The Hall–Kier alpha value is -2.66. The molecule has 1 saturated heterocycles. The van der Waals surface area contributed by atoms with Gasteiger partial charge in [-0.15, -0.1) is 0 Å². The molecular formula is C20H21N3O2. The van der Waals surface area contributed by atoms with Gasteiger partial charge in [0.15, 0.2) is 0 Å². The van der Waals surface area contributed by atoms with Gasteiger partial charge in [0.1, 0.15) is 11.5 Å². The summed E-state index contributed by atoms with van der Waals surface area (Å²) < 4.78 is 5.41. The largest absolute Gasteiger partial charge is 0.468 e. The zero-order valence-corrected chi connectivity index (χ0v) is 14.0. The standard InChI is InChI=1S/C20H21N3O2/c24-20(19-18-6-2-1-4-16(18)7-9-21-19)22-12-15-8-10-23(13-15)14-17-5-3-11-25-17/h1-7,9,11,15H,8,10,12-14H2,(H,22,24)/t15-/m1/s1. The van der Waals surface area contributed by atoms with Crippen LogP contribution in [0.3, 0.4) is 0 Å². The number of nitrogens with one attached hydrogen (secondary N) is 1. The van der Waals surface area contributed by atoms with Crippen LogP contribution in [0.15, 0.2) is 59.3 Å². The van der Waals surface area contributed by atoms with Crippen molar-refractivity contribution in [3.63, 3.8) is 0 Å². The molecule has 1 aliphatic heterocycles. The Morgan fingerprint density at radius 2 is 2.16 bits per heavy atom. The smallest absolute Gasteiger partial charge is 0.270 e. The van der Waals surface area contributed by atoms with E-state index in [0.717, 1.165) is 42.6 Å². The van der Waals surface area contributed by atoms with Crippen LogP contribution < -0.4 is 5.32 Å². The van der Waals surface area contributed by atoms with Gasteiger partial charge in [-0.2, -0.15) is 0 Å². The summed E-state index contributed by atoms with van der Waals surface area (Å²) in [4.78, 5) is 19.2. The van der Waals surface area contributed by atoms with Crippen molar-refractivity contribution in [1.29, 1.82) is 0 Å². The number of aromatic nitrogens is 1. The first-order valence-corrected chi connectivity index (χ1v) is 8.66. The highest BCUT2D eigenvalue weighted by atomic mass is 16.3. The number of pyridine rings is 1. The predicted molar refractivity (Wildman–Crippen MR) is 96.2 cm³/mol. The van der Waals surface area contributed by atoms with Crippen LogP contribution >= 0.6 is 0 Å². The number of carbonyl (C=O) groups is 1. The average Bonchev–Trinajstić information content (AvgIpc) is 3.31. The van der Waals surface area contributed by atoms with Crippen LogP contribution in [0.25, 0.3) is 10.8 Å². The SMILES string of the molecule is O=C(NC[C@H]1CCN(Cc2ccco2)C1)c1nccc2ccccc12. The van der Waals surface area contributed by atoms with Crippen molar-refractivity contribution in [3.8, 4) is 0 Å². The molecule has 0 spiro atoms. The number of benzene rings is 1. The number of hydrogen-bond acceptors (Lipinski definition) is 4. The number of carbonyl (C=O) groups excluding carboxylic acids is 1. The molecule has 0 aliphatic carbocycles. The summed E-state index contributed by atoms with van der Waals surface area (Å²) in [6.45, 7) is 3.53. The monoisotopic (exact) mass is 335 g/mol. The fourth-order valence-corrected chi connectivity index (χ4v) is 3.47.